The normalized spacial score (nSPS) is 11.6. The van der Waals surface area contributed by atoms with Gasteiger partial charge in [-0.3, -0.25) is 9.59 Å². The summed E-state index contributed by atoms with van der Waals surface area (Å²) in [5, 5.41) is 1.39. The van der Waals surface area contributed by atoms with E-state index in [0.717, 1.165) is 10.6 Å². The van der Waals surface area contributed by atoms with Crippen molar-refractivity contribution in [3.05, 3.63) is 39.9 Å². The molecule has 8 heteroatoms. The largest absolute Gasteiger partial charge is 0.459 e. The van der Waals surface area contributed by atoms with Crippen LogP contribution in [0.2, 0.25) is 5.02 Å². The Morgan fingerprint density at radius 2 is 1.76 bits per heavy atom. The lowest BCUT2D eigenvalue weighted by atomic mass is 10.2. The van der Waals surface area contributed by atoms with Crippen molar-refractivity contribution in [1.29, 1.82) is 0 Å². The molecule has 0 N–H and O–H groups in total. The van der Waals surface area contributed by atoms with E-state index in [9.17, 15) is 9.59 Å². The number of nitrogens with zero attached hydrogens (tertiary/aromatic N) is 3. The molecular formula is C21H28ClN3O3S. The van der Waals surface area contributed by atoms with E-state index in [1.807, 2.05) is 51.9 Å². The average molecular weight is 438 g/mol. The van der Waals surface area contributed by atoms with E-state index in [2.05, 4.69) is 4.98 Å². The molecule has 1 heterocycles. The maximum absolute atomic E-state index is 13.2. The standard InChI is InChI=1S/C21H28ClN3O3S/c1-14-18(29-19(23-14)15-7-9-16(22)10-8-15)20(27)25(12-11-24(5)6)13-17(26)28-21(2,3)4/h7-10H,11-13H2,1-6H3. The van der Waals surface area contributed by atoms with Crippen molar-refractivity contribution in [2.45, 2.75) is 33.3 Å². The van der Waals surface area contributed by atoms with E-state index in [0.29, 0.717) is 28.7 Å². The van der Waals surface area contributed by atoms with Crippen LogP contribution < -0.4 is 0 Å². The Labute approximate surface area is 181 Å². The first kappa shape index (κ1) is 23.3. The predicted octanol–water partition coefficient (Wildman–Crippen LogP) is 4.12. The molecule has 0 saturated carbocycles. The molecule has 1 aromatic carbocycles. The molecule has 0 saturated heterocycles. The van der Waals surface area contributed by atoms with E-state index in [1.54, 1.807) is 19.1 Å². The van der Waals surface area contributed by atoms with Crippen LogP contribution in [0.1, 0.15) is 36.1 Å². The molecule has 0 radical (unpaired) electrons. The number of carbonyl (C=O) groups is 2. The van der Waals surface area contributed by atoms with Gasteiger partial charge in [0.25, 0.3) is 5.91 Å². The fraction of sp³-hybridized carbons (Fsp3) is 0.476. The summed E-state index contributed by atoms with van der Waals surface area (Å²) in [6, 6.07) is 7.33. The molecule has 6 nitrogen and oxygen atoms in total. The van der Waals surface area contributed by atoms with Crippen LogP contribution in [0, 0.1) is 6.92 Å². The number of thiazole rings is 1. The third kappa shape index (κ3) is 7.10. The molecule has 29 heavy (non-hydrogen) atoms. The van der Waals surface area contributed by atoms with Crippen LogP contribution in [0.5, 0.6) is 0 Å². The number of hydrogen-bond donors (Lipinski definition) is 0. The molecule has 0 atom stereocenters. The van der Waals surface area contributed by atoms with Gasteiger partial charge in [-0.25, -0.2) is 4.98 Å². The van der Waals surface area contributed by atoms with Gasteiger partial charge in [0.2, 0.25) is 0 Å². The summed E-state index contributed by atoms with van der Waals surface area (Å²) < 4.78 is 5.41. The lowest BCUT2D eigenvalue weighted by molar-refractivity contribution is -0.155. The number of halogens is 1. The van der Waals surface area contributed by atoms with Gasteiger partial charge in [0, 0.05) is 23.7 Å². The van der Waals surface area contributed by atoms with E-state index in [-0.39, 0.29) is 12.5 Å². The number of esters is 1. The number of amides is 1. The highest BCUT2D eigenvalue weighted by molar-refractivity contribution is 7.17. The van der Waals surface area contributed by atoms with E-state index >= 15 is 0 Å². The highest BCUT2D eigenvalue weighted by Gasteiger charge is 2.26. The highest BCUT2D eigenvalue weighted by atomic mass is 35.5. The summed E-state index contributed by atoms with van der Waals surface area (Å²) >= 11 is 7.27. The summed E-state index contributed by atoms with van der Waals surface area (Å²) in [5.74, 6) is -0.641. The zero-order valence-corrected chi connectivity index (χ0v) is 19.4. The fourth-order valence-corrected chi connectivity index (χ4v) is 3.72. The maximum Gasteiger partial charge on any atom is 0.326 e. The van der Waals surface area contributed by atoms with Crippen molar-refractivity contribution in [3.8, 4) is 10.6 Å². The van der Waals surface area contributed by atoms with E-state index in [4.69, 9.17) is 16.3 Å². The third-order valence-corrected chi connectivity index (χ3v) is 5.37. The van der Waals surface area contributed by atoms with Gasteiger partial charge in [-0.2, -0.15) is 0 Å². The molecule has 0 aliphatic carbocycles. The number of benzene rings is 1. The number of rotatable bonds is 7. The number of hydrogen-bond acceptors (Lipinski definition) is 6. The fourth-order valence-electron chi connectivity index (χ4n) is 2.56. The average Bonchev–Trinajstić information content (AvgIpc) is 2.98. The van der Waals surface area contributed by atoms with Crippen molar-refractivity contribution in [2.75, 3.05) is 33.7 Å². The van der Waals surface area contributed by atoms with Gasteiger partial charge in [0.1, 0.15) is 22.0 Å². The van der Waals surface area contributed by atoms with Crippen LogP contribution in [0.3, 0.4) is 0 Å². The first-order valence-corrected chi connectivity index (χ1v) is 10.5. The molecule has 0 aliphatic heterocycles. The number of ether oxygens (including phenoxy) is 1. The van der Waals surface area contributed by atoms with Crippen LogP contribution in [-0.4, -0.2) is 66.0 Å². The Hall–Kier alpha value is -1.96. The van der Waals surface area contributed by atoms with Crippen molar-refractivity contribution in [1.82, 2.24) is 14.8 Å². The van der Waals surface area contributed by atoms with Gasteiger partial charge >= 0.3 is 5.97 Å². The Bertz CT molecular complexity index is 857. The van der Waals surface area contributed by atoms with Crippen LogP contribution in [-0.2, 0) is 9.53 Å². The Kier molecular flexibility index (Phi) is 7.80. The highest BCUT2D eigenvalue weighted by Crippen LogP contribution is 2.29. The summed E-state index contributed by atoms with van der Waals surface area (Å²) in [5.41, 5.74) is 0.938. The van der Waals surface area contributed by atoms with Crippen molar-refractivity contribution < 1.29 is 14.3 Å². The first-order valence-electron chi connectivity index (χ1n) is 9.35. The Morgan fingerprint density at radius 3 is 2.31 bits per heavy atom. The zero-order chi connectivity index (χ0) is 21.8. The van der Waals surface area contributed by atoms with Crippen LogP contribution in [0.25, 0.3) is 10.6 Å². The van der Waals surface area contributed by atoms with E-state index in [1.165, 1.54) is 16.2 Å². The summed E-state index contributed by atoms with van der Waals surface area (Å²) in [4.78, 5) is 34.1. The van der Waals surface area contributed by atoms with Crippen LogP contribution in [0.4, 0.5) is 0 Å². The van der Waals surface area contributed by atoms with E-state index < -0.39 is 11.6 Å². The molecule has 1 amide bonds. The van der Waals surface area contributed by atoms with Crippen LogP contribution in [0.15, 0.2) is 24.3 Å². The predicted molar refractivity (Wildman–Crippen MR) is 118 cm³/mol. The van der Waals surface area contributed by atoms with Gasteiger partial charge in [0.15, 0.2) is 0 Å². The molecule has 0 unspecified atom stereocenters. The van der Waals surface area contributed by atoms with Gasteiger partial charge in [-0.15, -0.1) is 11.3 Å². The molecule has 158 valence electrons. The minimum absolute atomic E-state index is 0.0996. The molecule has 2 rings (SSSR count). The first-order chi connectivity index (χ1) is 13.5. The lowest BCUT2D eigenvalue weighted by Gasteiger charge is -2.26. The minimum Gasteiger partial charge on any atom is -0.459 e. The molecule has 1 aromatic heterocycles. The number of aromatic nitrogens is 1. The summed E-state index contributed by atoms with van der Waals surface area (Å²) in [6.45, 7) is 8.18. The van der Waals surface area contributed by atoms with Gasteiger partial charge in [0.05, 0.1) is 5.69 Å². The lowest BCUT2D eigenvalue weighted by Crippen LogP contribution is -2.42. The summed E-state index contributed by atoms with van der Waals surface area (Å²) in [7, 11) is 3.85. The second-order valence-corrected chi connectivity index (χ2v) is 9.49. The second kappa shape index (κ2) is 9.69. The number of carbonyl (C=O) groups excluding carboxylic acids is 2. The van der Waals surface area contributed by atoms with Crippen molar-refractivity contribution >= 4 is 34.8 Å². The van der Waals surface area contributed by atoms with Crippen molar-refractivity contribution in [3.63, 3.8) is 0 Å². The zero-order valence-electron chi connectivity index (χ0n) is 17.8. The number of likely N-dealkylation sites (N-methyl/N-ethyl adjacent to an activating group) is 1. The monoisotopic (exact) mass is 437 g/mol. The molecular weight excluding hydrogens is 410 g/mol. The maximum atomic E-state index is 13.2. The molecule has 0 spiro atoms. The molecule has 0 bridgehead atoms. The molecule has 0 fully saturated rings. The minimum atomic E-state index is -0.602. The van der Waals surface area contributed by atoms with Gasteiger partial charge in [-0.05, 0) is 53.9 Å². The van der Waals surface area contributed by atoms with Crippen LogP contribution >= 0.6 is 22.9 Å². The van der Waals surface area contributed by atoms with Gasteiger partial charge < -0.3 is 14.5 Å². The smallest absolute Gasteiger partial charge is 0.326 e. The Balaban J connectivity index is 2.25. The quantitative estimate of drug-likeness (QED) is 0.610. The van der Waals surface area contributed by atoms with Gasteiger partial charge in [-0.1, -0.05) is 23.7 Å². The number of aryl methyl sites for hydroxylation is 1. The summed E-state index contributed by atoms with van der Waals surface area (Å²) in [6.07, 6.45) is 0. The molecule has 0 aliphatic rings. The van der Waals surface area contributed by atoms with Crippen molar-refractivity contribution in [2.24, 2.45) is 0 Å². The third-order valence-electron chi connectivity index (χ3n) is 3.93. The second-order valence-electron chi connectivity index (χ2n) is 8.06. The Morgan fingerprint density at radius 1 is 1.14 bits per heavy atom. The topological polar surface area (TPSA) is 62.7 Å². The molecule has 2 aromatic rings. The SMILES string of the molecule is Cc1nc(-c2ccc(Cl)cc2)sc1C(=O)N(CCN(C)C)CC(=O)OC(C)(C)C.